The van der Waals surface area contributed by atoms with Crippen LogP contribution in [0, 0.1) is 0 Å². The molecule has 0 fully saturated rings. The fourth-order valence-corrected chi connectivity index (χ4v) is 2.80. The van der Waals surface area contributed by atoms with Gasteiger partial charge >= 0.3 is 0 Å². The molecule has 2 aromatic rings. The first kappa shape index (κ1) is 13.6. The van der Waals surface area contributed by atoms with Crippen molar-refractivity contribution < 1.29 is 0 Å². The van der Waals surface area contributed by atoms with Crippen molar-refractivity contribution in [3.63, 3.8) is 0 Å². The predicted octanol–water partition coefficient (Wildman–Crippen LogP) is 3.31. The molecule has 1 N–H and O–H groups in total. The van der Waals surface area contributed by atoms with Gasteiger partial charge in [-0.25, -0.2) is 4.98 Å². The van der Waals surface area contributed by atoms with Crippen molar-refractivity contribution >= 4 is 21.7 Å². The summed E-state index contributed by atoms with van der Waals surface area (Å²) in [5, 5.41) is 3.37. The molecule has 0 radical (unpaired) electrons. The molecule has 0 bridgehead atoms. The van der Waals surface area contributed by atoms with Crippen LogP contribution in [0.3, 0.4) is 0 Å². The van der Waals surface area contributed by atoms with Crippen LogP contribution in [0.5, 0.6) is 0 Å². The molecule has 3 rings (SSSR count). The van der Waals surface area contributed by atoms with Gasteiger partial charge in [0.1, 0.15) is 5.82 Å². The summed E-state index contributed by atoms with van der Waals surface area (Å²) in [6.07, 6.45) is 2.98. The maximum absolute atomic E-state index is 4.32. The Bertz CT molecular complexity index is 568. The number of benzene rings is 1. The van der Waals surface area contributed by atoms with Crippen molar-refractivity contribution in [2.45, 2.75) is 13.0 Å². The summed E-state index contributed by atoms with van der Waals surface area (Å²) in [6.45, 7) is 4.18. The zero-order valence-electron chi connectivity index (χ0n) is 11.3. The minimum absolute atomic E-state index is 0.927. The molecule has 0 spiro atoms. The molecule has 0 unspecified atom stereocenters. The first-order valence-corrected chi connectivity index (χ1v) is 7.75. The predicted molar refractivity (Wildman–Crippen MR) is 85.8 cm³/mol. The SMILES string of the molecule is Brc1ccc(NCCN2CCc3ccccc3C2)nc1. The molecule has 2 heterocycles. The Morgan fingerprint density at radius 1 is 1.15 bits per heavy atom. The molecule has 0 amide bonds. The first-order valence-electron chi connectivity index (χ1n) is 6.96. The van der Waals surface area contributed by atoms with Crippen molar-refractivity contribution in [1.29, 1.82) is 0 Å². The summed E-state index contributed by atoms with van der Waals surface area (Å²) < 4.78 is 1.01. The van der Waals surface area contributed by atoms with Crippen LogP contribution in [0.2, 0.25) is 0 Å². The minimum Gasteiger partial charge on any atom is -0.369 e. The van der Waals surface area contributed by atoms with Crippen molar-refractivity contribution in [3.05, 3.63) is 58.2 Å². The van der Waals surface area contributed by atoms with E-state index in [-0.39, 0.29) is 0 Å². The third-order valence-electron chi connectivity index (χ3n) is 3.67. The summed E-state index contributed by atoms with van der Waals surface area (Å²) in [6, 6.07) is 12.8. The molecule has 3 nitrogen and oxygen atoms in total. The highest BCUT2D eigenvalue weighted by Gasteiger charge is 2.14. The van der Waals surface area contributed by atoms with Gasteiger partial charge in [0.15, 0.2) is 0 Å². The number of anilines is 1. The van der Waals surface area contributed by atoms with E-state index in [4.69, 9.17) is 0 Å². The van der Waals surface area contributed by atoms with Gasteiger partial charge < -0.3 is 5.32 Å². The molecule has 0 aliphatic carbocycles. The highest BCUT2D eigenvalue weighted by atomic mass is 79.9. The largest absolute Gasteiger partial charge is 0.369 e. The number of halogens is 1. The quantitative estimate of drug-likeness (QED) is 0.931. The summed E-state index contributed by atoms with van der Waals surface area (Å²) in [5.74, 6) is 0.936. The monoisotopic (exact) mass is 331 g/mol. The summed E-state index contributed by atoms with van der Waals surface area (Å²) in [4.78, 5) is 6.81. The lowest BCUT2D eigenvalue weighted by atomic mass is 10.00. The number of nitrogens with one attached hydrogen (secondary N) is 1. The van der Waals surface area contributed by atoms with Crippen LogP contribution in [-0.2, 0) is 13.0 Å². The molecule has 0 saturated carbocycles. The van der Waals surface area contributed by atoms with Crippen LogP contribution in [0.25, 0.3) is 0 Å². The van der Waals surface area contributed by atoms with Gasteiger partial charge in [0.2, 0.25) is 0 Å². The van der Waals surface area contributed by atoms with Gasteiger partial charge in [-0.1, -0.05) is 24.3 Å². The van der Waals surface area contributed by atoms with Crippen molar-refractivity contribution in [1.82, 2.24) is 9.88 Å². The number of nitrogens with zero attached hydrogens (tertiary/aromatic N) is 2. The van der Waals surface area contributed by atoms with Crippen LogP contribution in [0.4, 0.5) is 5.82 Å². The van der Waals surface area contributed by atoms with Gasteiger partial charge in [-0.3, -0.25) is 4.90 Å². The van der Waals surface area contributed by atoms with E-state index in [1.807, 2.05) is 18.3 Å². The molecule has 1 aliphatic heterocycles. The highest BCUT2D eigenvalue weighted by molar-refractivity contribution is 9.10. The van der Waals surface area contributed by atoms with Gasteiger partial charge in [0.05, 0.1) is 0 Å². The molecule has 4 heteroatoms. The summed E-state index contributed by atoms with van der Waals surface area (Å²) in [5.41, 5.74) is 2.98. The van der Waals surface area contributed by atoms with Crippen LogP contribution < -0.4 is 5.32 Å². The van der Waals surface area contributed by atoms with Crippen LogP contribution >= 0.6 is 15.9 Å². The smallest absolute Gasteiger partial charge is 0.126 e. The molecule has 20 heavy (non-hydrogen) atoms. The Hall–Kier alpha value is -1.39. The lowest BCUT2D eigenvalue weighted by Gasteiger charge is -2.28. The van der Waals surface area contributed by atoms with E-state index in [0.29, 0.717) is 0 Å². The lowest BCUT2D eigenvalue weighted by molar-refractivity contribution is 0.264. The van der Waals surface area contributed by atoms with Gasteiger partial charge in [0.25, 0.3) is 0 Å². The third kappa shape index (κ3) is 3.38. The van der Waals surface area contributed by atoms with Gasteiger partial charge in [0, 0.05) is 36.8 Å². The van der Waals surface area contributed by atoms with Gasteiger partial charge in [-0.05, 0) is 45.6 Å². The second kappa shape index (κ2) is 6.37. The van der Waals surface area contributed by atoms with Crippen molar-refractivity contribution in [3.8, 4) is 0 Å². The van der Waals surface area contributed by atoms with Gasteiger partial charge in [-0.2, -0.15) is 0 Å². The molecule has 1 aromatic carbocycles. The first-order chi connectivity index (χ1) is 9.81. The number of hydrogen-bond donors (Lipinski definition) is 1. The Labute approximate surface area is 128 Å². The Morgan fingerprint density at radius 3 is 2.80 bits per heavy atom. The molecule has 1 aliphatic rings. The zero-order chi connectivity index (χ0) is 13.8. The fraction of sp³-hybridized carbons (Fsp3) is 0.312. The standard InChI is InChI=1S/C16H18BrN3/c17-15-5-6-16(19-11-15)18-8-10-20-9-7-13-3-1-2-4-14(13)12-20/h1-6,11H,7-10,12H2,(H,18,19). The third-order valence-corrected chi connectivity index (χ3v) is 4.14. The van der Waals surface area contributed by atoms with E-state index in [0.717, 1.165) is 42.9 Å². The Kier molecular flexibility index (Phi) is 4.33. The second-order valence-corrected chi connectivity index (χ2v) is 6.00. The van der Waals surface area contributed by atoms with Crippen LogP contribution in [0.1, 0.15) is 11.1 Å². The second-order valence-electron chi connectivity index (χ2n) is 5.08. The van der Waals surface area contributed by atoms with E-state index < -0.39 is 0 Å². The molecule has 0 saturated heterocycles. The summed E-state index contributed by atoms with van der Waals surface area (Å²) in [7, 11) is 0. The number of hydrogen-bond acceptors (Lipinski definition) is 3. The average molecular weight is 332 g/mol. The number of fused-ring (bicyclic) bond motifs is 1. The van der Waals surface area contributed by atoms with Crippen LogP contribution in [0.15, 0.2) is 47.1 Å². The van der Waals surface area contributed by atoms with Crippen molar-refractivity contribution in [2.75, 3.05) is 25.0 Å². The van der Waals surface area contributed by atoms with Crippen LogP contribution in [-0.4, -0.2) is 29.5 Å². The molecule has 104 valence electrons. The molecular formula is C16H18BrN3. The zero-order valence-corrected chi connectivity index (χ0v) is 12.9. The minimum atomic E-state index is 0.927. The van der Waals surface area contributed by atoms with E-state index in [9.17, 15) is 0 Å². The Balaban J connectivity index is 1.49. The van der Waals surface area contributed by atoms with E-state index >= 15 is 0 Å². The Morgan fingerprint density at radius 2 is 2.00 bits per heavy atom. The van der Waals surface area contributed by atoms with E-state index in [1.165, 1.54) is 11.1 Å². The van der Waals surface area contributed by atoms with Gasteiger partial charge in [-0.15, -0.1) is 0 Å². The maximum Gasteiger partial charge on any atom is 0.126 e. The average Bonchev–Trinajstić information content (AvgIpc) is 2.49. The van der Waals surface area contributed by atoms with Crippen molar-refractivity contribution in [2.24, 2.45) is 0 Å². The maximum atomic E-state index is 4.32. The molecule has 1 aromatic heterocycles. The highest BCUT2D eigenvalue weighted by Crippen LogP contribution is 2.18. The molecular weight excluding hydrogens is 314 g/mol. The number of aromatic nitrogens is 1. The lowest BCUT2D eigenvalue weighted by Crippen LogP contribution is -2.34. The number of pyridine rings is 1. The van der Waals surface area contributed by atoms with E-state index in [1.54, 1.807) is 0 Å². The topological polar surface area (TPSA) is 28.2 Å². The summed E-state index contributed by atoms with van der Waals surface area (Å²) >= 11 is 3.39. The normalized spacial score (nSPS) is 14.8. The van der Waals surface area contributed by atoms with E-state index in [2.05, 4.69) is 55.4 Å². The molecule has 0 atom stereocenters. The fourth-order valence-electron chi connectivity index (χ4n) is 2.57. The number of rotatable bonds is 4.